The minimum atomic E-state index is -3.57. The molecule has 114 valence electrons. The maximum atomic E-state index is 12.4. The maximum absolute atomic E-state index is 12.4. The van der Waals surface area contributed by atoms with E-state index in [-0.39, 0.29) is 4.90 Å². The lowest BCUT2D eigenvalue weighted by molar-refractivity contribution is 0.600. The minimum absolute atomic E-state index is 0.284. The summed E-state index contributed by atoms with van der Waals surface area (Å²) < 4.78 is 29.2. The molecule has 0 atom stereocenters. The van der Waals surface area contributed by atoms with Crippen molar-refractivity contribution in [2.75, 3.05) is 4.72 Å². The van der Waals surface area contributed by atoms with Crippen LogP contribution in [0.2, 0.25) is 0 Å². The minimum Gasteiger partial charge on any atom is -0.349 e. The second kappa shape index (κ2) is 5.78. The number of sulfonamides is 1. The lowest BCUT2D eigenvalue weighted by atomic mass is 10.4. The van der Waals surface area contributed by atoms with Gasteiger partial charge < -0.3 is 9.88 Å². The predicted molar refractivity (Wildman–Crippen MR) is 82.9 cm³/mol. The second-order valence-corrected chi connectivity index (χ2v) is 7.63. The first kappa shape index (κ1) is 14.6. The van der Waals surface area contributed by atoms with E-state index in [9.17, 15) is 8.42 Å². The first-order valence-corrected chi connectivity index (χ1v) is 9.29. The predicted octanol–water partition coefficient (Wildman–Crippen LogP) is 2.02. The van der Waals surface area contributed by atoms with Crippen molar-refractivity contribution in [3.05, 3.63) is 29.5 Å². The number of nitrogens with zero attached hydrogens (tertiary/aromatic N) is 2. The van der Waals surface area contributed by atoms with E-state index in [4.69, 9.17) is 0 Å². The Hall–Kier alpha value is -1.38. The largest absolute Gasteiger partial charge is 0.349 e. The molecule has 0 bridgehead atoms. The van der Waals surface area contributed by atoms with E-state index in [1.807, 2.05) is 11.5 Å². The number of anilines is 1. The summed E-state index contributed by atoms with van der Waals surface area (Å²) in [7, 11) is -3.57. The zero-order valence-corrected chi connectivity index (χ0v) is 13.4. The number of aryl methyl sites for hydroxylation is 1. The van der Waals surface area contributed by atoms with Crippen LogP contribution < -0.4 is 10.0 Å². The van der Waals surface area contributed by atoms with E-state index >= 15 is 0 Å². The van der Waals surface area contributed by atoms with Gasteiger partial charge >= 0.3 is 0 Å². The third-order valence-electron chi connectivity index (χ3n) is 3.42. The van der Waals surface area contributed by atoms with E-state index in [2.05, 4.69) is 15.0 Å². The molecule has 6 nitrogen and oxygen atoms in total. The number of thiazole rings is 1. The Morgan fingerprint density at radius 3 is 2.90 bits per heavy atom. The molecule has 0 aromatic carbocycles. The molecule has 1 aliphatic rings. The summed E-state index contributed by atoms with van der Waals surface area (Å²) in [5.74, 6) is 0. The highest BCUT2D eigenvalue weighted by molar-refractivity contribution is 7.93. The molecule has 21 heavy (non-hydrogen) atoms. The van der Waals surface area contributed by atoms with Crippen LogP contribution in [0.5, 0.6) is 0 Å². The van der Waals surface area contributed by atoms with Crippen molar-refractivity contribution >= 4 is 26.5 Å². The highest BCUT2D eigenvalue weighted by atomic mass is 32.2. The third kappa shape index (κ3) is 3.45. The van der Waals surface area contributed by atoms with Crippen molar-refractivity contribution in [2.45, 2.75) is 43.8 Å². The number of hydrogen-bond acceptors (Lipinski definition) is 5. The van der Waals surface area contributed by atoms with Gasteiger partial charge in [0.15, 0.2) is 5.13 Å². The fourth-order valence-electron chi connectivity index (χ4n) is 2.10. The molecule has 3 rings (SSSR count). The fourth-order valence-corrected chi connectivity index (χ4v) is 3.95. The molecule has 0 aliphatic heterocycles. The number of hydrogen-bond donors (Lipinski definition) is 2. The van der Waals surface area contributed by atoms with E-state index in [1.165, 1.54) is 24.2 Å². The Labute approximate surface area is 128 Å². The smallest absolute Gasteiger partial charge is 0.265 e. The summed E-state index contributed by atoms with van der Waals surface area (Å²) in [6.45, 7) is 3.45. The van der Waals surface area contributed by atoms with Crippen LogP contribution in [0.4, 0.5) is 5.13 Å². The van der Waals surface area contributed by atoms with Crippen LogP contribution in [0.15, 0.2) is 28.7 Å². The molecule has 8 heteroatoms. The van der Waals surface area contributed by atoms with Gasteiger partial charge in [-0.2, -0.15) is 0 Å². The van der Waals surface area contributed by atoms with E-state index in [0.29, 0.717) is 17.7 Å². The zero-order valence-electron chi connectivity index (χ0n) is 11.7. The zero-order chi connectivity index (χ0) is 14.9. The van der Waals surface area contributed by atoms with Gasteiger partial charge in [-0.3, -0.25) is 4.72 Å². The van der Waals surface area contributed by atoms with Crippen LogP contribution >= 0.6 is 11.3 Å². The van der Waals surface area contributed by atoms with Gasteiger partial charge in [-0.1, -0.05) is 0 Å². The van der Waals surface area contributed by atoms with E-state index in [1.54, 1.807) is 23.8 Å². The van der Waals surface area contributed by atoms with Crippen molar-refractivity contribution in [3.8, 4) is 0 Å². The standard InChI is InChI=1S/C13H18N4O2S2/c1-2-17-9-12(7-11(17)8-15-10-3-4-10)21(18,19)16-13-14-5-6-20-13/h5-7,9-10,15H,2-4,8H2,1H3,(H,14,16). The van der Waals surface area contributed by atoms with Gasteiger partial charge in [0.25, 0.3) is 10.0 Å². The molecule has 1 fully saturated rings. The first-order chi connectivity index (χ1) is 10.1. The normalized spacial score (nSPS) is 15.3. The van der Waals surface area contributed by atoms with Crippen molar-refractivity contribution in [1.29, 1.82) is 0 Å². The summed E-state index contributed by atoms with van der Waals surface area (Å²) in [5, 5.41) is 5.53. The molecule has 2 heterocycles. The number of nitrogens with one attached hydrogen (secondary N) is 2. The summed E-state index contributed by atoms with van der Waals surface area (Å²) in [6, 6.07) is 2.33. The first-order valence-electron chi connectivity index (χ1n) is 6.93. The highest BCUT2D eigenvalue weighted by Crippen LogP contribution is 2.22. The summed E-state index contributed by atoms with van der Waals surface area (Å²) >= 11 is 1.26. The SMILES string of the molecule is CCn1cc(S(=O)(=O)Nc2nccs2)cc1CNC1CC1. The summed E-state index contributed by atoms with van der Waals surface area (Å²) in [5.41, 5.74) is 0.990. The Kier molecular flexibility index (Phi) is 4.01. The Morgan fingerprint density at radius 2 is 2.29 bits per heavy atom. The van der Waals surface area contributed by atoms with Gasteiger partial charge in [-0.25, -0.2) is 13.4 Å². The lowest BCUT2D eigenvalue weighted by Crippen LogP contribution is -2.17. The molecule has 1 saturated carbocycles. The lowest BCUT2D eigenvalue weighted by Gasteiger charge is -2.06. The quantitative estimate of drug-likeness (QED) is 0.816. The van der Waals surface area contributed by atoms with Gasteiger partial charge in [0, 0.05) is 42.6 Å². The van der Waals surface area contributed by atoms with Crippen molar-refractivity contribution in [1.82, 2.24) is 14.9 Å². The molecule has 0 unspecified atom stereocenters. The van der Waals surface area contributed by atoms with Gasteiger partial charge in [-0.15, -0.1) is 11.3 Å². The average molecular weight is 326 g/mol. The van der Waals surface area contributed by atoms with Gasteiger partial charge in [0.2, 0.25) is 0 Å². The molecule has 1 aliphatic carbocycles. The van der Waals surface area contributed by atoms with Gasteiger partial charge in [0.1, 0.15) is 4.90 Å². The van der Waals surface area contributed by atoms with Crippen molar-refractivity contribution < 1.29 is 8.42 Å². The van der Waals surface area contributed by atoms with Gasteiger partial charge in [-0.05, 0) is 25.8 Å². The molecular weight excluding hydrogens is 308 g/mol. The second-order valence-electron chi connectivity index (χ2n) is 5.05. The van der Waals surface area contributed by atoms with Crippen LogP contribution in [0, 0.1) is 0 Å². The van der Waals surface area contributed by atoms with Crippen LogP contribution in [-0.2, 0) is 23.1 Å². The van der Waals surface area contributed by atoms with Gasteiger partial charge in [0.05, 0.1) is 0 Å². The van der Waals surface area contributed by atoms with Crippen LogP contribution in [-0.4, -0.2) is 24.0 Å². The average Bonchev–Trinajstić information content (AvgIpc) is 2.97. The maximum Gasteiger partial charge on any atom is 0.265 e. The van der Waals surface area contributed by atoms with Crippen LogP contribution in [0.3, 0.4) is 0 Å². The van der Waals surface area contributed by atoms with E-state index in [0.717, 1.165) is 12.2 Å². The van der Waals surface area contributed by atoms with E-state index < -0.39 is 10.0 Å². The Balaban J connectivity index is 1.80. The monoisotopic (exact) mass is 326 g/mol. The Bertz CT molecular complexity index is 703. The number of aromatic nitrogens is 2. The molecule has 2 aromatic rings. The molecular formula is C13H18N4O2S2. The number of rotatable bonds is 7. The molecule has 2 N–H and O–H groups in total. The third-order valence-corrected chi connectivity index (χ3v) is 5.54. The van der Waals surface area contributed by atoms with Crippen LogP contribution in [0.25, 0.3) is 0 Å². The Morgan fingerprint density at radius 1 is 1.48 bits per heavy atom. The molecule has 0 spiro atoms. The molecule has 0 radical (unpaired) electrons. The van der Waals surface area contributed by atoms with Crippen LogP contribution in [0.1, 0.15) is 25.5 Å². The summed E-state index contributed by atoms with van der Waals surface area (Å²) in [4.78, 5) is 4.24. The molecule has 0 amide bonds. The highest BCUT2D eigenvalue weighted by Gasteiger charge is 2.22. The van der Waals surface area contributed by atoms with Crippen molar-refractivity contribution in [3.63, 3.8) is 0 Å². The molecule has 2 aromatic heterocycles. The topological polar surface area (TPSA) is 76.0 Å². The fraction of sp³-hybridized carbons (Fsp3) is 0.462. The summed E-state index contributed by atoms with van der Waals surface area (Å²) in [6.07, 6.45) is 5.68. The van der Waals surface area contributed by atoms with Crippen molar-refractivity contribution in [2.24, 2.45) is 0 Å². The molecule has 0 saturated heterocycles.